The standard InChI is InChI=1S/C18H32N4O2/c1-14(12-22-16(3)10-15(2)21-22)11-19-17(23)20-13-18(24)8-6-4-5-7-9-18/h10,14,24H,4-9,11-13H2,1-3H3,(H2,19,20,23). The lowest BCUT2D eigenvalue weighted by atomic mass is 9.95. The first kappa shape index (κ1) is 18.8. The van der Waals surface area contributed by atoms with Gasteiger partial charge in [0.2, 0.25) is 0 Å². The highest BCUT2D eigenvalue weighted by Crippen LogP contribution is 2.26. The number of aliphatic hydroxyl groups is 1. The quantitative estimate of drug-likeness (QED) is 0.698. The van der Waals surface area contributed by atoms with Gasteiger partial charge in [-0.05, 0) is 38.7 Å². The Morgan fingerprint density at radius 3 is 2.54 bits per heavy atom. The Kier molecular flexibility index (Phi) is 6.66. The molecule has 6 heteroatoms. The molecule has 3 N–H and O–H groups in total. The Morgan fingerprint density at radius 2 is 1.96 bits per heavy atom. The lowest BCUT2D eigenvalue weighted by Gasteiger charge is -2.27. The van der Waals surface area contributed by atoms with Crippen LogP contribution in [0.25, 0.3) is 0 Å². The molecule has 24 heavy (non-hydrogen) atoms. The Bertz CT molecular complexity index is 533. The Labute approximate surface area is 145 Å². The van der Waals surface area contributed by atoms with Crippen molar-refractivity contribution in [3.05, 3.63) is 17.5 Å². The van der Waals surface area contributed by atoms with E-state index < -0.39 is 5.60 Å². The van der Waals surface area contributed by atoms with E-state index in [9.17, 15) is 9.90 Å². The van der Waals surface area contributed by atoms with Gasteiger partial charge in [-0.25, -0.2) is 4.79 Å². The molecule has 0 radical (unpaired) electrons. The highest BCUT2D eigenvalue weighted by molar-refractivity contribution is 5.73. The Hall–Kier alpha value is -1.56. The van der Waals surface area contributed by atoms with Gasteiger partial charge in [0, 0.05) is 25.3 Å². The summed E-state index contributed by atoms with van der Waals surface area (Å²) in [5.41, 5.74) is 1.42. The highest BCUT2D eigenvalue weighted by Gasteiger charge is 2.28. The van der Waals surface area contributed by atoms with E-state index in [1.54, 1.807) is 0 Å². The zero-order valence-electron chi connectivity index (χ0n) is 15.3. The Morgan fingerprint density at radius 1 is 1.29 bits per heavy atom. The number of hydrogen-bond acceptors (Lipinski definition) is 3. The lowest BCUT2D eigenvalue weighted by molar-refractivity contribution is 0.0276. The minimum Gasteiger partial charge on any atom is -0.388 e. The molecule has 1 heterocycles. The van der Waals surface area contributed by atoms with Crippen LogP contribution in [-0.4, -0.2) is 39.6 Å². The van der Waals surface area contributed by atoms with E-state index in [2.05, 4.69) is 28.7 Å². The zero-order valence-corrected chi connectivity index (χ0v) is 15.3. The van der Waals surface area contributed by atoms with Gasteiger partial charge in [-0.15, -0.1) is 0 Å². The molecule has 136 valence electrons. The van der Waals surface area contributed by atoms with Gasteiger partial charge in [0.15, 0.2) is 0 Å². The monoisotopic (exact) mass is 336 g/mol. The highest BCUT2D eigenvalue weighted by atomic mass is 16.3. The van der Waals surface area contributed by atoms with Crippen LogP contribution in [0.2, 0.25) is 0 Å². The normalized spacial score (nSPS) is 18.7. The summed E-state index contributed by atoms with van der Waals surface area (Å²) >= 11 is 0. The van der Waals surface area contributed by atoms with Crippen molar-refractivity contribution in [2.75, 3.05) is 13.1 Å². The van der Waals surface area contributed by atoms with Gasteiger partial charge in [-0.3, -0.25) is 4.68 Å². The van der Waals surface area contributed by atoms with Gasteiger partial charge in [-0.1, -0.05) is 32.6 Å². The molecule has 0 saturated heterocycles. The summed E-state index contributed by atoms with van der Waals surface area (Å²) in [5.74, 6) is 0.287. The largest absolute Gasteiger partial charge is 0.388 e. The van der Waals surface area contributed by atoms with Crippen molar-refractivity contribution in [1.29, 1.82) is 0 Å². The summed E-state index contributed by atoms with van der Waals surface area (Å²) < 4.78 is 1.98. The van der Waals surface area contributed by atoms with Crippen LogP contribution in [0.4, 0.5) is 4.79 Å². The Balaban J connectivity index is 1.69. The van der Waals surface area contributed by atoms with Crippen LogP contribution in [0.1, 0.15) is 56.8 Å². The first-order chi connectivity index (χ1) is 11.4. The van der Waals surface area contributed by atoms with Crippen LogP contribution < -0.4 is 10.6 Å². The first-order valence-electron chi connectivity index (χ1n) is 9.13. The topological polar surface area (TPSA) is 79.2 Å². The second-order valence-electron chi connectivity index (χ2n) is 7.42. The number of rotatable bonds is 6. The van der Waals surface area contributed by atoms with Crippen LogP contribution in [0, 0.1) is 19.8 Å². The fourth-order valence-corrected chi connectivity index (χ4v) is 3.36. The number of aromatic nitrogens is 2. The summed E-state index contributed by atoms with van der Waals surface area (Å²) in [6.45, 7) is 7.82. The molecule has 0 bridgehead atoms. The van der Waals surface area contributed by atoms with Crippen molar-refractivity contribution in [1.82, 2.24) is 20.4 Å². The summed E-state index contributed by atoms with van der Waals surface area (Å²) in [7, 11) is 0. The number of amides is 2. The summed E-state index contributed by atoms with van der Waals surface area (Å²) in [5, 5.41) is 20.7. The smallest absolute Gasteiger partial charge is 0.314 e. The van der Waals surface area contributed by atoms with Crippen molar-refractivity contribution in [3.8, 4) is 0 Å². The van der Waals surface area contributed by atoms with E-state index in [0.717, 1.165) is 43.6 Å². The van der Waals surface area contributed by atoms with Gasteiger partial charge in [0.25, 0.3) is 0 Å². The maximum atomic E-state index is 12.0. The molecule has 2 amide bonds. The minimum atomic E-state index is -0.733. The number of hydrogen-bond donors (Lipinski definition) is 3. The van der Waals surface area contributed by atoms with Gasteiger partial charge in [-0.2, -0.15) is 5.10 Å². The summed E-state index contributed by atoms with van der Waals surface area (Å²) in [4.78, 5) is 12.0. The van der Waals surface area contributed by atoms with Gasteiger partial charge >= 0.3 is 6.03 Å². The van der Waals surface area contributed by atoms with E-state index >= 15 is 0 Å². The average Bonchev–Trinajstić information content (AvgIpc) is 2.72. The maximum absolute atomic E-state index is 12.0. The zero-order chi connectivity index (χ0) is 17.6. The van der Waals surface area contributed by atoms with Crippen LogP contribution in [0.3, 0.4) is 0 Å². The summed E-state index contributed by atoms with van der Waals surface area (Å²) in [6, 6.07) is 1.85. The van der Waals surface area contributed by atoms with E-state index in [-0.39, 0.29) is 11.9 Å². The molecule has 6 nitrogen and oxygen atoms in total. The molecule has 1 fully saturated rings. The fourth-order valence-electron chi connectivity index (χ4n) is 3.36. The number of carbonyl (C=O) groups excluding carboxylic acids is 1. The second-order valence-corrected chi connectivity index (χ2v) is 7.42. The van der Waals surface area contributed by atoms with Crippen molar-refractivity contribution in [2.24, 2.45) is 5.92 Å². The van der Waals surface area contributed by atoms with Gasteiger partial charge in [0.1, 0.15) is 0 Å². The molecule has 2 rings (SSSR count). The SMILES string of the molecule is Cc1cc(C)n(CC(C)CNC(=O)NCC2(O)CCCCCC2)n1. The van der Waals surface area contributed by atoms with Crippen LogP contribution in [0.5, 0.6) is 0 Å². The molecule has 1 saturated carbocycles. The van der Waals surface area contributed by atoms with E-state index in [0.29, 0.717) is 13.1 Å². The molecule has 0 aromatic carbocycles. The van der Waals surface area contributed by atoms with Crippen molar-refractivity contribution < 1.29 is 9.90 Å². The van der Waals surface area contributed by atoms with E-state index in [1.165, 1.54) is 12.8 Å². The average molecular weight is 336 g/mol. The van der Waals surface area contributed by atoms with Gasteiger partial charge < -0.3 is 15.7 Å². The molecular formula is C18H32N4O2. The third-order valence-corrected chi connectivity index (χ3v) is 4.81. The number of carbonyl (C=O) groups is 1. The fraction of sp³-hybridized carbons (Fsp3) is 0.778. The van der Waals surface area contributed by atoms with Crippen molar-refractivity contribution in [3.63, 3.8) is 0 Å². The number of aryl methyl sites for hydroxylation is 2. The lowest BCUT2D eigenvalue weighted by Crippen LogP contribution is -2.47. The van der Waals surface area contributed by atoms with Crippen molar-refractivity contribution in [2.45, 2.75) is 71.4 Å². The van der Waals surface area contributed by atoms with Crippen LogP contribution >= 0.6 is 0 Å². The van der Waals surface area contributed by atoms with Crippen LogP contribution in [0.15, 0.2) is 6.07 Å². The maximum Gasteiger partial charge on any atom is 0.314 e. The second kappa shape index (κ2) is 8.51. The molecule has 1 unspecified atom stereocenters. The predicted molar refractivity (Wildman–Crippen MR) is 94.9 cm³/mol. The molecule has 0 aliphatic heterocycles. The van der Waals surface area contributed by atoms with Crippen LogP contribution in [-0.2, 0) is 6.54 Å². The third kappa shape index (κ3) is 5.82. The third-order valence-electron chi connectivity index (χ3n) is 4.81. The molecule has 1 aliphatic rings. The molecule has 1 atom stereocenters. The molecule has 1 aliphatic carbocycles. The summed E-state index contributed by atoms with van der Waals surface area (Å²) in [6.07, 6.45) is 6.00. The molecule has 1 aromatic rings. The first-order valence-corrected chi connectivity index (χ1v) is 9.13. The van der Waals surface area contributed by atoms with Crippen molar-refractivity contribution >= 4 is 6.03 Å². The van der Waals surface area contributed by atoms with E-state index in [4.69, 9.17) is 0 Å². The minimum absolute atomic E-state index is 0.201. The molecule has 0 spiro atoms. The van der Waals surface area contributed by atoms with Gasteiger partial charge in [0.05, 0.1) is 11.3 Å². The predicted octanol–water partition coefficient (Wildman–Crippen LogP) is 2.52. The number of nitrogens with zero attached hydrogens (tertiary/aromatic N) is 2. The molecule has 1 aromatic heterocycles. The van der Waals surface area contributed by atoms with E-state index in [1.807, 2.05) is 18.5 Å². The number of urea groups is 1. The number of nitrogens with one attached hydrogen (secondary N) is 2. The molecular weight excluding hydrogens is 304 g/mol.